The number of carbonyl (C=O) groups is 3. The molecule has 2 atom stereocenters. The minimum atomic E-state index is -0.231. The van der Waals surface area contributed by atoms with Gasteiger partial charge in [0.1, 0.15) is 25.9 Å². The number of aliphatic hydroxyl groups is 1. The van der Waals surface area contributed by atoms with Crippen LogP contribution in [0, 0.1) is 0 Å². The number of quaternary nitrogens is 1. The molecule has 0 aromatic carbocycles. The Hall–Kier alpha value is -1.34. The molecule has 0 aliphatic carbocycles. The van der Waals surface area contributed by atoms with Crippen LogP contribution in [0.3, 0.4) is 0 Å². The molecule has 0 bridgehead atoms. The van der Waals surface area contributed by atoms with Crippen molar-refractivity contribution in [2.24, 2.45) is 0 Å². The van der Waals surface area contributed by atoms with Gasteiger partial charge in [-0.1, -0.05) is 352 Å². The largest absolute Gasteiger partial charge is 1.00 e. The number of nitrogens with zero attached hydrogens (tertiary/aromatic N) is 2. The van der Waals surface area contributed by atoms with E-state index in [9.17, 15) is 14.4 Å². The van der Waals surface area contributed by atoms with E-state index in [-0.39, 0.29) is 59.6 Å². The van der Waals surface area contributed by atoms with E-state index in [0.29, 0.717) is 132 Å². The zero-order valence-electron chi connectivity index (χ0n) is 96.4. The van der Waals surface area contributed by atoms with Gasteiger partial charge in [0.2, 0.25) is 5.24 Å². The van der Waals surface area contributed by atoms with Crippen molar-refractivity contribution in [1.82, 2.24) is 4.90 Å². The van der Waals surface area contributed by atoms with Gasteiger partial charge in [-0.15, -0.1) is 0 Å². The zero-order chi connectivity index (χ0) is 106. The molecule has 0 spiro atoms. The molecule has 0 aromatic heterocycles. The van der Waals surface area contributed by atoms with Gasteiger partial charge in [0.25, 0.3) is 0 Å². The Labute approximate surface area is 928 Å². The lowest BCUT2D eigenvalue weighted by Crippen LogP contribution is -3.00. The van der Waals surface area contributed by atoms with Crippen molar-refractivity contribution in [2.75, 3.05) is 238 Å². The van der Waals surface area contributed by atoms with Crippen LogP contribution in [0.5, 0.6) is 0 Å². The highest BCUT2D eigenvalue weighted by Crippen LogP contribution is 2.19. The maximum Gasteiger partial charge on any atom is 0.305 e. The Morgan fingerprint density at radius 2 is 0.531 bits per heavy atom. The summed E-state index contributed by atoms with van der Waals surface area (Å²) in [7, 11) is 13.7. The average Bonchev–Trinajstić information content (AvgIpc) is 0.897. The van der Waals surface area contributed by atoms with Crippen LogP contribution in [0.2, 0.25) is 0 Å². The van der Waals surface area contributed by atoms with Crippen LogP contribution >= 0.6 is 43.5 Å². The first-order valence-corrected chi connectivity index (χ1v) is 61.9. The summed E-state index contributed by atoms with van der Waals surface area (Å²) >= 11 is 11.6. The van der Waals surface area contributed by atoms with Crippen molar-refractivity contribution in [1.29, 1.82) is 0 Å². The van der Waals surface area contributed by atoms with Crippen LogP contribution in [0.4, 0.5) is 0 Å². The summed E-state index contributed by atoms with van der Waals surface area (Å²) in [6, 6.07) is 0. The fourth-order valence-corrected chi connectivity index (χ4v) is 16.7. The van der Waals surface area contributed by atoms with E-state index in [1.54, 1.807) is 21.3 Å². The lowest BCUT2D eigenvalue weighted by molar-refractivity contribution is -0.893. The van der Waals surface area contributed by atoms with Gasteiger partial charge in [-0.25, -0.2) is 0 Å². The maximum absolute atomic E-state index is 12.3. The van der Waals surface area contributed by atoms with E-state index in [0.717, 1.165) is 119 Å². The zero-order valence-corrected chi connectivity index (χ0v) is 102. The van der Waals surface area contributed by atoms with Crippen LogP contribution in [-0.4, -0.2) is 282 Å². The molecule has 0 radical (unpaired) electrons. The van der Waals surface area contributed by atoms with Crippen LogP contribution in [-0.2, 0) is 85.4 Å². The van der Waals surface area contributed by atoms with Gasteiger partial charge in [0.15, 0.2) is 0 Å². The second-order valence-corrected chi connectivity index (χ2v) is 41.6. The third-order valence-electron chi connectivity index (χ3n) is 24.5. The summed E-state index contributed by atoms with van der Waals surface area (Å²) in [5, 5.41) is 9.97. The van der Waals surface area contributed by atoms with Crippen LogP contribution in [0.25, 0.3) is 0 Å². The number of alkyl halides is 2. The number of halogens is 4. The SMILES string of the molecule is CCCCCCCC/C=C\CCCCCCCCCOCC(CN(C)C)OCCCCCCCC/C=C\CCCCCCCC.CCCCCCCC/C=C\CCCCCCCCCOCC(C[N+](C)(C)CCCCC(=O)OCCOCCOCCOC)OCCCCCCCC/C=C\CCCCCCCC.COCCOCCOCCO.COCCOCCOCCOC(=O)CCCCBr.O=C(Cl)CCCCBr.[Br-]. The van der Waals surface area contributed by atoms with Crippen molar-refractivity contribution < 1.29 is 112 Å². The number of carbonyl (C=O) groups excluding carboxylic acids is 3. The summed E-state index contributed by atoms with van der Waals surface area (Å²) in [4.78, 5) is 35.8. The fourth-order valence-electron chi connectivity index (χ4n) is 15.8. The number of hydrogen-bond donors (Lipinski definition) is 1. The molecule has 21 nitrogen and oxygen atoms in total. The van der Waals surface area contributed by atoms with Crippen LogP contribution in [0.1, 0.15) is 458 Å². The van der Waals surface area contributed by atoms with Gasteiger partial charge in [0.05, 0.1) is 146 Å². The highest BCUT2D eigenvalue weighted by molar-refractivity contribution is 9.09. The van der Waals surface area contributed by atoms with Gasteiger partial charge in [-0.05, 0) is 193 Å². The number of aliphatic hydroxyl groups excluding tert-OH is 1. The van der Waals surface area contributed by atoms with E-state index < -0.39 is 0 Å². The van der Waals surface area contributed by atoms with Gasteiger partial charge in [-0.3, -0.25) is 14.4 Å². The minimum Gasteiger partial charge on any atom is -1.00 e. The number of rotatable bonds is 115. The van der Waals surface area contributed by atoms with Gasteiger partial charge < -0.3 is 103 Å². The smallest absolute Gasteiger partial charge is 0.305 e. The number of hydrogen-bond acceptors (Lipinski definition) is 20. The lowest BCUT2D eigenvalue weighted by atomic mass is 10.1. The molecule has 0 aliphatic rings. The molecular weight excluding hydrogens is 2050 g/mol. The molecule has 0 aliphatic heterocycles. The molecule has 2 unspecified atom stereocenters. The summed E-state index contributed by atoms with van der Waals surface area (Å²) in [6.45, 7) is 25.3. The van der Waals surface area contributed by atoms with Crippen molar-refractivity contribution in [3.63, 3.8) is 0 Å². The van der Waals surface area contributed by atoms with Crippen LogP contribution < -0.4 is 17.0 Å². The van der Waals surface area contributed by atoms with Gasteiger partial charge in [-0.2, -0.15) is 0 Å². The number of ether oxygens (including phenoxy) is 15. The molecule has 868 valence electrons. The minimum absolute atomic E-state index is 0. The normalized spacial score (nSPS) is 12.0. The van der Waals surface area contributed by atoms with E-state index in [4.69, 9.17) is 87.8 Å². The average molecular weight is 2290 g/mol. The third-order valence-corrected chi connectivity index (χ3v) is 25.8. The molecule has 0 saturated carbocycles. The number of unbranched alkanes of at least 4 members (excludes halogenated alkanes) is 53. The highest BCUT2D eigenvalue weighted by atomic mass is 79.9. The first kappa shape index (κ1) is 154. The molecule has 0 rings (SSSR count). The van der Waals surface area contributed by atoms with E-state index in [1.165, 1.54) is 360 Å². The second-order valence-electron chi connectivity index (χ2n) is 39.6. The van der Waals surface area contributed by atoms with E-state index in [2.05, 4.69) is 141 Å². The van der Waals surface area contributed by atoms with Crippen LogP contribution in [0.15, 0.2) is 48.6 Å². The third kappa shape index (κ3) is 153. The Bertz CT molecular complexity index is 2500. The number of esters is 2. The monoisotopic (exact) mass is 2280 g/mol. The molecule has 1 N–H and O–H groups in total. The second kappa shape index (κ2) is 143. The molecular formula is C120H236Br3ClN2O19. The van der Waals surface area contributed by atoms with E-state index in [1.807, 2.05) is 0 Å². The lowest BCUT2D eigenvalue weighted by Gasteiger charge is -2.33. The number of allylic oxidation sites excluding steroid dienone is 8. The van der Waals surface area contributed by atoms with Crippen molar-refractivity contribution in [2.45, 2.75) is 470 Å². The summed E-state index contributed by atoms with van der Waals surface area (Å²) in [5.74, 6) is -0.307. The maximum atomic E-state index is 12.3. The Morgan fingerprint density at radius 3 is 0.807 bits per heavy atom. The molecule has 0 fully saturated rings. The predicted molar refractivity (Wildman–Crippen MR) is 618 cm³/mol. The topological polar surface area (TPSA) is 213 Å². The standard InChI is InChI=1S/C54H106NO7.C42H83NO2.C12H23BrO5.C7H16O4.C5H8BrClO.BrH/c1-6-8-10-12-14-16-18-20-22-24-25-27-29-31-33-35-39-43-60-52-53(61-44-40-36-34-32-30-28-26-23-21-19-17-15-13-11-9-7-2)51-55(3,4)42-38-37-41-54(56)62-50-49-59-48-47-58-46-45-57-5;1-5-7-9-11-13-15-17-19-21-23-24-26-28-30-32-34-36-38-44-41-42(40-43(3)4)45-39-37-35-33-31-29-27-25-22-20-18-16-14-12-10-8-6-2;1-15-6-7-16-8-9-17-10-11-18-12(14)4-2-3-5-13;1-9-4-5-11-7-6-10-3-2-8;6-4-2-1-3-5(7)8;/h20-23,53H,6-19,24-52H2,1-5H3;19-22,42H,5-18,23-41H2,1-4H3;2-11H2,1H3;8H,2-7H2,1H3;1-4H2;1H/q+1;;;;;/p-1/b22-20-,23-21-;21-19-,22-20-;;;;. The highest BCUT2D eigenvalue weighted by Gasteiger charge is 2.24. The Balaban J connectivity index is -0.000000498. The van der Waals surface area contributed by atoms with Gasteiger partial charge >= 0.3 is 11.9 Å². The molecule has 145 heavy (non-hydrogen) atoms. The molecule has 0 aromatic rings. The summed E-state index contributed by atoms with van der Waals surface area (Å²) in [5.41, 5.74) is 0. The summed E-state index contributed by atoms with van der Waals surface area (Å²) in [6.07, 6.45) is 104. The quantitative estimate of drug-likeness (QED) is 0.0150. The molecule has 25 heteroatoms. The van der Waals surface area contributed by atoms with E-state index >= 15 is 0 Å². The molecule has 0 saturated heterocycles. The summed E-state index contributed by atoms with van der Waals surface area (Å²) < 4.78 is 82.1. The molecule has 0 heterocycles. The predicted octanol–water partition coefficient (Wildman–Crippen LogP) is 28.5. The Kier molecular flexibility index (Phi) is 152. The first-order chi connectivity index (χ1) is 70.6. The first-order valence-electron chi connectivity index (χ1n) is 59.3. The number of methoxy groups -OCH3 is 3. The van der Waals surface area contributed by atoms with Crippen molar-refractivity contribution in [3.05, 3.63) is 48.6 Å². The van der Waals surface area contributed by atoms with Crippen molar-refractivity contribution in [3.8, 4) is 0 Å². The molecule has 0 amide bonds. The number of likely N-dealkylation sites (N-methyl/N-ethyl adjacent to an activating group) is 2. The Morgan fingerprint density at radius 1 is 0.290 bits per heavy atom. The van der Waals surface area contributed by atoms with Gasteiger partial charge in [0, 0.05) is 84.2 Å². The van der Waals surface area contributed by atoms with Crippen molar-refractivity contribution >= 4 is 60.6 Å². The fraction of sp³-hybridized carbons (Fsp3) is 0.908.